The molecule has 0 fully saturated rings. The molecule has 0 atom stereocenters. The Hall–Kier alpha value is -3.92. The van der Waals surface area contributed by atoms with Crippen LogP contribution in [0.25, 0.3) is 11.0 Å². The van der Waals surface area contributed by atoms with Crippen LogP contribution in [0.5, 0.6) is 5.75 Å². The fraction of sp³-hybridized carbons (Fsp3) is 0.136. The van der Waals surface area contributed by atoms with Crippen LogP contribution >= 0.6 is 0 Å². The normalized spacial score (nSPS) is 11.3. The number of imidazole rings is 1. The molecular weight excluding hydrogens is 430 g/mol. The molecule has 2 aromatic carbocycles. The van der Waals surface area contributed by atoms with Crippen molar-refractivity contribution in [1.82, 2.24) is 20.3 Å². The summed E-state index contributed by atoms with van der Waals surface area (Å²) < 4.78 is 32.7. The summed E-state index contributed by atoms with van der Waals surface area (Å²) in [6.07, 6.45) is 3.24. The number of rotatable bonds is 8. The number of nitrogens with zero attached hydrogens (tertiary/aromatic N) is 2. The number of anilines is 1. The number of hydrogen-bond acceptors (Lipinski definition) is 6. The first-order valence-corrected chi connectivity index (χ1v) is 11.3. The van der Waals surface area contributed by atoms with E-state index in [-0.39, 0.29) is 22.1 Å². The standard InChI is InChI=1S/C22H21N5O4S/c1-31-17-6-8-18(9-7-17)32(29,30)27-16-12-15(13-23-14-16)22(28)24-11-10-21-25-19-4-2-3-5-20(19)26-21/h2-9,12-14,27H,10-11H2,1H3,(H,24,28)(H,25,26). The minimum atomic E-state index is -3.84. The number of aromatic nitrogens is 3. The number of hydrogen-bond donors (Lipinski definition) is 3. The number of carbonyl (C=O) groups excluding carboxylic acids is 1. The van der Waals surface area contributed by atoms with Gasteiger partial charge in [0.1, 0.15) is 11.6 Å². The van der Waals surface area contributed by atoms with Crippen LogP contribution in [0.1, 0.15) is 16.2 Å². The smallest absolute Gasteiger partial charge is 0.261 e. The monoisotopic (exact) mass is 451 g/mol. The Kier molecular flexibility index (Phi) is 6.04. The van der Waals surface area contributed by atoms with E-state index < -0.39 is 10.0 Å². The molecule has 0 radical (unpaired) electrons. The average Bonchev–Trinajstić information content (AvgIpc) is 3.22. The fourth-order valence-electron chi connectivity index (χ4n) is 3.11. The fourth-order valence-corrected chi connectivity index (χ4v) is 4.14. The summed E-state index contributed by atoms with van der Waals surface area (Å²) in [7, 11) is -2.34. The van der Waals surface area contributed by atoms with E-state index in [1.807, 2.05) is 24.3 Å². The number of methoxy groups -OCH3 is 1. The third-order valence-corrected chi connectivity index (χ3v) is 6.11. The average molecular weight is 452 g/mol. The SMILES string of the molecule is COc1ccc(S(=O)(=O)Nc2cncc(C(=O)NCCc3nc4ccccc4[nH]3)c2)cc1. The summed E-state index contributed by atoms with van der Waals surface area (Å²) in [5, 5.41) is 2.80. The zero-order chi connectivity index (χ0) is 22.6. The number of carbonyl (C=O) groups is 1. The zero-order valence-electron chi connectivity index (χ0n) is 17.2. The molecule has 0 unspecified atom stereocenters. The first kappa shape index (κ1) is 21.3. The van der Waals surface area contributed by atoms with E-state index in [1.165, 1.54) is 37.7 Å². The van der Waals surface area contributed by atoms with Gasteiger partial charge in [-0.25, -0.2) is 13.4 Å². The van der Waals surface area contributed by atoms with Crippen LogP contribution in [-0.4, -0.2) is 42.9 Å². The number of nitrogens with one attached hydrogen (secondary N) is 3. The summed E-state index contributed by atoms with van der Waals surface area (Å²) in [6.45, 7) is 0.362. The molecule has 2 heterocycles. The van der Waals surface area contributed by atoms with E-state index in [2.05, 4.69) is 25.0 Å². The lowest BCUT2D eigenvalue weighted by molar-refractivity contribution is 0.0953. The summed E-state index contributed by atoms with van der Waals surface area (Å²) in [5.41, 5.74) is 2.24. The third-order valence-electron chi connectivity index (χ3n) is 4.71. The van der Waals surface area contributed by atoms with Gasteiger partial charge in [-0.2, -0.15) is 0 Å². The van der Waals surface area contributed by atoms with Gasteiger partial charge < -0.3 is 15.0 Å². The Balaban J connectivity index is 1.38. The number of amides is 1. The highest BCUT2D eigenvalue weighted by atomic mass is 32.2. The maximum atomic E-state index is 12.6. The number of aromatic amines is 1. The molecule has 0 aliphatic carbocycles. The van der Waals surface area contributed by atoms with Gasteiger partial charge in [0, 0.05) is 19.2 Å². The topological polar surface area (TPSA) is 126 Å². The van der Waals surface area contributed by atoms with E-state index in [1.54, 1.807) is 12.1 Å². The van der Waals surface area contributed by atoms with Gasteiger partial charge in [-0.3, -0.25) is 14.5 Å². The van der Waals surface area contributed by atoms with E-state index >= 15 is 0 Å². The van der Waals surface area contributed by atoms with Gasteiger partial charge in [-0.05, 0) is 42.5 Å². The third kappa shape index (κ3) is 4.86. The van der Waals surface area contributed by atoms with Gasteiger partial charge in [0.05, 0.1) is 40.5 Å². The number of pyridine rings is 1. The second-order valence-electron chi connectivity index (χ2n) is 6.95. The molecule has 2 aromatic heterocycles. The molecule has 0 spiro atoms. The number of benzene rings is 2. The van der Waals surface area contributed by atoms with Crippen molar-refractivity contribution in [3.63, 3.8) is 0 Å². The van der Waals surface area contributed by atoms with E-state index in [9.17, 15) is 13.2 Å². The van der Waals surface area contributed by atoms with Crippen LogP contribution in [0.15, 0.2) is 71.9 Å². The number of ether oxygens (including phenoxy) is 1. The molecule has 164 valence electrons. The molecule has 0 aliphatic rings. The molecule has 32 heavy (non-hydrogen) atoms. The van der Waals surface area contributed by atoms with Crippen molar-refractivity contribution < 1.29 is 17.9 Å². The number of para-hydroxylation sites is 2. The largest absolute Gasteiger partial charge is 0.497 e. The van der Waals surface area contributed by atoms with Crippen molar-refractivity contribution in [3.05, 3.63) is 78.4 Å². The summed E-state index contributed by atoms with van der Waals surface area (Å²) in [4.78, 5) is 24.2. The second-order valence-corrected chi connectivity index (χ2v) is 8.63. The van der Waals surface area contributed by atoms with Crippen LogP contribution in [-0.2, 0) is 16.4 Å². The Morgan fingerprint density at radius 3 is 2.62 bits per heavy atom. The van der Waals surface area contributed by atoms with Crippen molar-refractivity contribution in [2.45, 2.75) is 11.3 Å². The molecule has 9 nitrogen and oxygen atoms in total. The lowest BCUT2D eigenvalue weighted by atomic mass is 10.2. The molecular formula is C22H21N5O4S. The molecule has 4 aromatic rings. The maximum absolute atomic E-state index is 12.6. The Labute approximate surface area is 184 Å². The van der Waals surface area contributed by atoms with Gasteiger partial charge in [0.25, 0.3) is 15.9 Å². The first-order chi connectivity index (χ1) is 15.4. The second kappa shape index (κ2) is 9.06. The maximum Gasteiger partial charge on any atom is 0.261 e. The molecule has 1 amide bonds. The lowest BCUT2D eigenvalue weighted by Gasteiger charge is -2.10. The van der Waals surface area contributed by atoms with Gasteiger partial charge >= 0.3 is 0 Å². The van der Waals surface area contributed by atoms with E-state index in [0.717, 1.165) is 16.9 Å². The van der Waals surface area contributed by atoms with Crippen molar-refractivity contribution in [1.29, 1.82) is 0 Å². The van der Waals surface area contributed by atoms with Crippen molar-refractivity contribution in [2.24, 2.45) is 0 Å². The van der Waals surface area contributed by atoms with Gasteiger partial charge in [-0.1, -0.05) is 12.1 Å². The summed E-state index contributed by atoms with van der Waals surface area (Å²) >= 11 is 0. The van der Waals surface area contributed by atoms with Crippen LogP contribution in [0.2, 0.25) is 0 Å². The summed E-state index contributed by atoms with van der Waals surface area (Å²) in [6, 6.07) is 15.1. The number of fused-ring (bicyclic) bond motifs is 1. The Morgan fingerprint density at radius 1 is 1.09 bits per heavy atom. The lowest BCUT2D eigenvalue weighted by Crippen LogP contribution is -2.26. The number of sulfonamides is 1. The van der Waals surface area contributed by atoms with Gasteiger partial charge in [0.2, 0.25) is 0 Å². The highest BCUT2D eigenvalue weighted by molar-refractivity contribution is 7.92. The summed E-state index contributed by atoms with van der Waals surface area (Å²) in [5.74, 6) is 0.955. The van der Waals surface area contributed by atoms with Crippen molar-refractivity contribution in [3.8, 4) is 5.75 Å². The predicted molar refractivity (Wildman–Crippen MR) is 120 cm³/mol. The quantitative estimate of drug-likeness (QED) is 0.378. The first-order valence-electron chi connectivity index (χ1n) is 9.78. The highest BCUT2D eigenvalue weighted by Crippen LogP contribution is 2.19. The van der Waals surface area contributed by atoms with Crippen LogP contribution < -0.4 is 14.8 Å². The Morgan fingerprint density at radius 2 is 1.88 bits per heavy atom. The Bertz CT molecular complexity index is 1320. The molecule has 0 saturated heterocycles. The number of H-pyrrole nitrogens is 1. The van der Waals surface area contributed by atoms with Crippen molar-refractivity contribution >= 4 is 32.7 Å². The van der Waals surface area contributed by atoms with Crippen LogP contribution in [0.4, 0.5) is 5.69 Å². The predicted octanol–water partition coefficient (Wildman–Crippen LogP) is 2.74. The molecule has 10 heteroatoms. The van der Waals surface area contributed by atoms with Crippen molar-refractivity contribution in [2.75, 3.05) is 18.4 Å². The minimum absolute atomic E-state index is 0.0685. The van der Waals surface area contributed by atoms with E-state index in [4.69, 9.17) is 4.74 Å². The van der Waals surface area contributed by atoms with Crippen LogP contribution in [0.3, 0.4) is 0 Å². The van der Waals surface area contributed by atoms with Gasteiger partial charge in [-0.15, -0.1) is 0 Å². The zero-order valence-corrected chi connectivity index (χ0v) is 18.0. The molecule has 4 rings (SSSR count). The highest BCUT2D eigenvalue weighted by Gasteiger charge is 2.16. The molecule has 0 bridgehead atoms. The van der Waals surface area contributed by atoms with E-state index in [0.29, 0.717) is 18.7 Å². The minimum Gasteiger partial charge on any atom is -0.497 e. The molecule has 3 N–H and O–H groups in total. The van der Waals surface area contributed by atoms with Crippen LogP contribution in [0, 0.1) is 0 Å². The molecule has 0 aliphatic heterocycles. The molecule has 0 saturated carbocycles. The van der Waals surface area contributed by atoms with Gasteiger partial charge in [0.15, 0.2) is 0 Å².